The van der Waals surface area contributed by atoms with Crippen molar-refractivity contribution in [2.24, 2.45) is 0 Å². The van der Waals surface area contributed by atoms with Gasteiger partial charge in [-0.25, -0.2) is 0 Å². The van der Waals surface area contributed by atoms with Crippen LogP contribution in [0, 0.1) is 0 Å². The third-order valence-corrected chi connectivity index (χ3v) is 2.59. The van der Waals surface area contributed by atoms with Crippen LogP contribution >= 0.6 is 0 Å². The van der Waals surface area contributed by atoms with Crippen LogP contribution in [0.25, 0.3) is 11.0 Å². The molecule has 1 aromatic carbocycles. The van der Waals surface area contributed by atoms with Gasteiger partial charge in [-0.2, -0.15) is 0 Å². The van der Waals surface area contributed by atoms with Crippen molar-refractivity contribution in [3.63, 3.8) is 0 Å². The van der Waals surface area contributed by atoms with Gasteiger partial charge in [-0.1, -0.05) is 13.8 Å². The van der Waals surface area contributed by atoms with E-state index in [0.29, 0.717) is 29.3 Å². The van der Waals surface area contributed by atoms with E-state index in [9.17, 15) is 5.11 Å². The zero-order valence-electron chi connectivity index (χ0n) is 10.3. The first kappa shape index (κ1) is 11.8. The second-order valence-electron chi connectivity index (χ2n) is 4.28. The largest absolute Gasteiger partial charge is 0.504 e. The fraction of sp³-hybridized carbons (Fsp3) is 0.385. The van der Waals surface area contributed by atoms with E-state index in [-0.39, 0.29) is 5.75 Å². The van der Waals surface area contributed by atoms with Crippen molar-refractivity contribution in [3.05, 3.63) is 24.0 Å². The van der Waals surface area contributed by atoms with Crippen LogP contribution in [-0.4, -0.2) is 18.3 Å². The van der Waals surface area contributed by atoms with Gasteiger partial charge in [0.25, 0.3) is 0 Å². The minimum Gasteiger partial charge on any atom is -0.504 e. The highest BCUT2D eigenvalue weighted by atomic mass is 16.5. The molecule has 1 aromatic heterocycles. The third kappa shape index (κ3) is 2.36. The van der Waals surface area contributed by atoms with Crippen LogP contribution in [0.3, 0.4) is 0 Å². The molecular weight excluding hydrogens is 218 g/mol. The van der Waals surface area contributed by atoms with Crippen molar-refractivity contribution in [2.75, 3.05) is 7.11 Å². The number of hydrogen-bond acceptors (Lipinski definition) is 4. The minimum absolute atomic E-state index is 0.129. The number of furan rings is 1. The normalized spacial score (nSPS) is 11.3. The molecule has 4 heteroatoms. The SMILES string of the molecule is COc1ccc2oc(CNC(C)C)cc2c1O. The molecule has 1 heterocycles. The van der Waals surface area contributed by atoms with E-state index in [1.165, 1.54) is 7.11 Å². The van der Waals surface area contributed by atoms with Crippen LogP contribution < -0.4 is 10.1 Å². The Morgan fingerprint density at radius 1 is 1.41 bits per heavy atom. The van der Waals surface area contributed by atoms with Gasteiger partial charge < -0.3 is 19.6 Å². The first-order chi connectivity index (χ1) is 8.11. The molecule has 0 amide bonds. The van der Waals surface area contributed by atoms with Gasteiger partial charge in [0, 0.05) is 6.04 Å². The van der Waals surface area contributed by atoms with Crippen molar-refractivity contribution >= 4 is 11.0 Å². The number of phenolic OH excluding ortho intramolecular Hbond substituents is 1. The second kappa shape index (κ2) is 4.67. The molecule has 4 nitrogen and oxygen atoms in total. The molecule has 0 aliphatic rings. The summed E-state index contributed by atoms with van der Waals surface area (Å²) in [7, 11) is 1.53. The molecule has 0 aliphatic heterocycles. The van der Waals surface area contributed by atoms with Crippen molar-refractivity contribution in [3.8, 4) is 11.5 Å². The molecule has 0 aliphatic carbocycles. The average Bonchev–Trinajstić information content (AvgIpc) is 2.71. The standard InChI is InChI=1S/C13H17NO3/c1-8(2)14-7-9-6-10-11(17-9)4-5-12(16-3)13(10)15/h4-6,8,14-15H,7H2,1-3H3. The molecule has 0 radical (unpaired) electrons. The zero-order valence-corrected chi connectivity index (χ0v) is 10.3. The number of aromatic hydroxyl groups is 1. The molecule has 2 N–H and O–H groups in total. The highest BCUT2D eigenvalue weighted by Crippen LogP contribution is 2.35. The number of nitrogens with one attached hydrogen (secondary N) is 1. The Balaban J connectivity index is 2.33. The first-order valence-electron chi connectivity index (χ1n) is 5.63. The fourth-order valence-corrected chi connectivity index (χ4v) is 1.69. The van der Waals surface area contributed by atoms with Gasteiger partial charge in [-0.05, 0) is 18.2 Å². The maximum Gasteiger partial charge on any atom is 0.168 e. The van der Waals surface area contributed by atoms with Crippen molar-refractivity contribution < 1.29 is 14.3 Å². The van der Waals surface area contributed by atoms with E-state index < -0.39 is 0 Å². The van der Waals surface area contributed by atoms with Crippen molar-refractivity contribution in [1.82, 2.24) is 5.32 Å². The van der Waals surface area contributed by atoms with Crippen LogP contribution in [0.1, 0.15) is 19.6 Å². The maximum absolute atomic E-state index is 9.93. The monoisotopic (exact) mass is 235 g/mol. The molecule has 0 bridgehead atoms. The van der Waals surface area contributed by atoms with Gasteiger partial charge in [-0.3, -0.25) is 0 Å². The lowest BCUT2D eigenvalue weighted by atomic mass is 10.2. The summed E-state index contributed by atoms with van der Waals surface area (Å²) in [5.74, 6) is 1.39. The predicted molar refractivity (Wildman–Crippen MR) is 66.4 cm³/mol. The van der Waals surface area contributed by atoms with E-state index >= 15 is 0 Å². The Bertz CT molecular complexity index is 517. The average molecular weight is 235 g/mol. The summed E-state index contributed by atoms with van der Waals surface area (Å²) in [6.45, 7) is 4.79. The van der Waals surface area contributed by atoms with E-state index in [0.717, 1.165) is 5.76 Å². The van der Waals surface area contributed by atoms with Crippen molar-refractivity contribution in [1.29, 1.82) is 0 Å². The van der Waals surface area contributed by atoms with Crippen LogP contribution in [0.5, 0.6) is 11.5 Å². The molecule has 0 fully saturated rings. The Kier molecular flexibility index (Phi) is 3.24. The summed E-state index contributed by atoms with van der Waals surface area (Å²) in [6.07, 6.45) is 0. The Labute approximate surface area is 100 Å². The summed E-state index contributed by atoms with van der Waals surface area (Å²) in [4.78, 5) is 0. The Morgan fingerprint density at radius 2 is 2.18 bits per heavy atom. The van der Waals surface area contributed by atoms with Crippen LogP contribution in [0.15, 0.2) is 22.6 Å². The van der Waals surface area contributed by atoms with Gasteiger partial charge in [-0.15, -0.1) is 0 Å². The van der Waals surface area contributed by atoms with E-state index in [1.807, 2.05) is 6.07 Å². The maximum atomic E-state index is 9.93. The van der Waals surface area contributed by atoms with Crippen LogP contribution in [0.4, 0.5) is 0 Å². The Morgan fingerprint density at radius 3 is 2.82 bits per heavy atom. The Hall–Kier alpha value is -1.68. The third-order valence-electron chi connectivity index (χ3n) is 2.59. The lowest BCUT2D eigenvalue weighted by molar-refractivity contribution is 0.376. The number of benzene rings is 1. The lowest BCUT2D eigenvalue weighted by Crippen LogP contribution is -2.21. The predicted octanol–water partition coefficient (Wildman–Crippen LogP) is 2.65. The summed E-state index contributed by atoms with van der Waals surface area (Å²) in [5, 5.41) is 13.9. The molecule has 17 heavy (non-hydrogen) atoms. The smallest absolute Gasteiger partial charge is 0.168 e. The van der Waals surface area contributed by atoms with Gasteiger partial charge >= 0.3 is 0 Å². The van der Waals surface area contributed by atoms with Crippen molar-refractivity contribution in [2.45, 2.75) is 26.4 Å². The van der Waals surface area contributed by atoms with E-state index in [1.54, 1.807) is 12.1 Å². The topological polar surface area (TPSA) is 54.6 Å². The first-order valence-corrected chi connectivity index (χ1v) is 5.63. The number of fused-ring (bicyclic) bond motifs is 1. The molecule has 0 atom stereocenters. The van der Waals surface area contributed by atoms with Gasteiger partial charge in [0.1, 0.15) is 11.3 Å². The van der Waals surface area contributed by atoms with Gasteiger partial charge in [0.05, 0.1) is 19.0 Å². The number of ether oxygens (including phenoxy) is 1. The molecular formula is C13H17NO3. The highest BCUT2D eigenvalue weighted by molar-refractivity contribution is 5.87. The summed E-state index contributed by atoms with van der Waals surface area (Å²) in [5.41, 5.74) is 0.670. The molecule has 2 aromatic rings. The number of hydrogen-bond donors (Lipinski definition) is 2. The lowest BCUT2D eigenvalue weighted by Gasteiger charge is -2.04. The number of rotatable bonds is 4. The second-order valence-corrected chi connectivity index (χ2v) is 4.28. The van der Waals surface area contributed by atoms with Gasteiger partial charge in [0.15, 0.2) is 11.5 Å². The zero-order chi connectivity index (χ0) is 12.4. The van der Waals surface area contributed by atoms with Crippen LogP contribution in [0.2, 0.25) is 0 Å². The molecule has 0 spiro atoms. The highest BCUT2D eigenvalue weighted by Gasteiger charge is 2.11. The van der Waals surface area contributed by atoms with Gasteiger partial charge in [0.2, 0.25) is 0 Å². The fourth-order valence-electron chi connectivity index (χ4n) is 1.69. The van der Waals surface area contributed by atoms with E-state index in [4.69, 9.17) is 9.15 Å². The quantitative estimate of drug-likeness (QED) is 0.855. The molecule has 2 rings (SSSR count). The molecule has 92 valence electrons. The molecule has 0 saturated heterocycles. The number of phenols is 1. The summed E-state index contributed by atoms with van der Waals surface area (Å²) < 4.78 is 10.7. The number of methoxy groups -OCH3 is 1. The molecule has 0 unspecified atom stereocenters. The van der Waals surface area contributed by atoms with E-state index in [2.05, 4.69) is 19.2 Å². The summed E-state index contributed by atoms with van der Waals surface area (Å²) in [6, 6.07) is 5.72. The van der Waals surface area contributed by atoms with Crippen LogP contribution in [-0.2, 0) is 6.54 Å². The minimum atomic E-state index is 0.129. The summed E-state index contributed by atoms with van der Waals surface area (Å²) >= 11 is 0. The molecule has 0 saturated carbocycles.